The van der Waals surface area contributed by atoms with Gasteiger partial charge in [-0.25, -0.2) is 0 Å². The van der Waals surface area contributed by atoms with E-state index in [0.717, 1.165) is 31.4 Å². The normalized spacial score (nSPS) is 20.1. The fourth-order valence-corrected chi connectivity index (χ4v) is 4.86. The summed E-state index contributed by atoms with van der Waals surface area (Å²) in [4.78, 5) is 42.3. The van der Waals surface area contributed by atoms with Gasteiger partial charge in [-0.15, -0.1) is 0 Å². The van der Waals surface area contributed by atoms with Crippen LogP contribution < -0.4 is 19.7 Å². The second-order valence-electron chi connectivity index (χ2n) is 9.31. The summed E-state index contributed by atoms with van der Waals surface area (Å²) in [6, 6.07) is 10.8. The highest BCUT2D eigenvalue weighted by Gasteiger charge is 2.36. The number of nitrogens with one attached hydrogen (secondary N) is 1. The van der Waals surface area contributed by atoms with Crippen LogP contribution in [-0.4, -0.2) is 56.0 Å². The van der Waals surface area contributed by atoms with E-state index in [4.69, 9.17) is 9.47 Å². The standard InChI is InChI=1S/C27H33N3O5/c1-17-13-19(27(33)29-12-6-5-7-18(29)2)8-10-22(17)28-26(32)20-14-25(31)30(16-20)23-15-21(34-3)9-11-24(23)35-4/h8-11,13,15,18,20H,5-7,12,14,16H2,1-4H3,(H,28,32). The average Bonchev–Trinajstić information content (AvgIpc) is 3.26. The van der Waals surface area contributed by atoms with Gasteiger partial charge >= 0.3 is 0 Å². The van der Waals surface area contributed by atoms with Crippen molar-refractivity contribution in [1.82, 2.24) is 4.90 Å². The molecule has 0 radical (unpaired) electrons. The second-order valence-corrected chi connectivity index (χ2v) is 9.31. The van der Waals surface area contributed by atoms with Gasteiger partial charge in [0.05, 0.1) is 25.8 Å². The number of benzene rings is 2. The van der Waals surface area contributed by atoms with E-state index in [1.54, 1.807) is 49.5 Å². The Morgan fingerprint density at radius 2 is 1.86 bits per heavy atom. The molecule has 0 aliphatic carbocycles. The van der Waals surface area contributed by atoms with E-state index in [0.29, 0.717) is 28.4 Å². The summed E-state index contributed by atoms with van der Waals surface area (Å²) in [6.07, 6.45) is 3.31. The van der Waals surface area contributed by atoms with Crippen molar-refractivity contribution in [3.05, 3.63) is 47.5 Å². The summed E-state index contributed by atoms with van der Waals surface area (Å²) >= 11 is 0. The zero-order valence-electron chi connectivity index (χ0n) is 20.8. The van der Waals surface area contributed by atoms with Crippen LogP contribution in [0.5, 0.6) is 11.5 Å². The quantitative estimate of drug-likeness (QED) is 0.676. The molecular formula is C27H33N3O5. The van der Waals surface area contributed by atoms with Gasteiger partial charge in [0.2, 0.25) is 11.8 Å². The van der Waals surface area contributed by atoms with Crippen LogP contribution >= 0.6 is 0 Å². The Labute approximate surface area is 206 Å². The van der Waals surface area contributed by atoms with Crippen LogP contribution in [0.3, 0.4) is 0 Å². The number of hydrogen-bond donors (Lipinski definition) is 1. The number of nitrogens with zero attached hydrogens (tertiary/aromatic N) is 2. The molecule has 2 fully saturated rings. The van der Waals surface area contributed by atoms with Crippen LogP contribution in [0.2, 0.25) is 0 Å². The first kappa shape index (κ1) is 24.6. The highest BCUT2D eigenvalue weighted by molar-refractivity contribution is 6.04. The number of methoxy groups -OCH3 is 2. The maximum atomic E-state index is 13.1. The lowest BCUT2D eigenvalue weighted by molar-refractivity contribution is -0.122. The Kier molecular flexibility index (Phi) is 7.28. The van der Waals surface area contributed by atoms with Crippen molar-refractivity contribution in [2.45, 2.75) is 45.6 Å². The van der Waals surface area contributed by atoms with Gasteiger partial charge in [-0.1, -0.05) is 0 Å². The monoisotopic (exact) mass is 479 g/mol. The van der Waals surface area contributed by atoms with Gasteiger partial charge in [-0.3, -0.25) is 14.4 Å². The number of carbonyl (C=O) groups is 3. The summed E-state index contributed by atoms with van der Waals surface area (Å²) in [5.74, 6) is 0.292. The van der Waals surface area contributed by atoms with Gasteiger partial charge in [0.15, 0.2) is 0 Å². The van der Waals surface area contributed by atoms with E-state index in [2.05, 4.69) is 12.2 Å². The zero-order valence-corrected chi connectivity index (χ0v) is 20.8. The highest BCUT2D eigenvalue weighted by atomic mass is 16.5. The van der Waals surface area contributed by atoms with Crippen LogP contribution in [0.1, 0.15) is 48.5 Å². The van der Waals surface area contributed by atoms with Crippen LogP contribution in [-0.2, 0) is 9.59 Å². The average molecular weight is 480 g/mol. The molecule has 2 aromatic rings. The van der Waals surface area contributed by atoms with Crippen LogP contribution in [0.15, 0.2) is 36.4 Å². The molecule has 2 saturated heterocycles. The number of ether oxygens (including phenoxy) is 2. The van der Waals surface area contributed by atoms with Gasteiger partial charge < -0.3 is 24.6 Å². The number of aryl methyl sites for hydroxylation is 1. The zero-order chi connectivity index (χ0) is 25.1. The number of anilines is 2. The summed E-state index contributed by atoms with van der Waals surface area (Å²) < 4.78 is 10.7. The van der Waals surface area contributed by atoms with Gasteiger partial charge in [-0.2, -0.15) is 0 Å². The molecule has 1 N–H and O–H groups in total. The predicted octanol–water partition coefficient (Wildman–Crippen LogP) is 4.02. The SMILES string of the molecule is COc1ccc(OC)c(N2CC(C(=O)Nc3ccc(C(=O)N4CCCCC4C)cc3C)CC2=O)c1. The first-order valence-electron chi connectivity index (χ1n) is 12.1. The van der Waals surface area contributed by atoms with Crippen LogP contribution in [0.4, 0.5) is 11.4 Å². The van der Waals surface area contributed by atoms with Crippen molar-refractivity contribution < 1.29 is 23.9 Å². The molecule has 2 aromatic carbocycles. The molecule has 0 spiro atoms. The maximum Gasteiger partial charge on any atom is 0.254 e. The Hall–Kier alpha value is -3.55. The lowest BCUT2D eigenvalue weighted by Crippen LogP contribution is -2.42. The van der Waals surface area contributed by atoms with E-state index in [-0.39, 0.29) is 36.7 Å². The Morgan fingerprint density at radius 3 is 2.54 bits per heavy atom. The van der Waals surface area contributed by atoms with Gasteiger partial charge in [-0.05, 0) is 69.0 Å². The van der Waals surface area contributed by atoms with Crippen molar-refractivity contribution in [3.63, 3.8) is 0 Å². The van der Waals surface area contributed by atoms with E-state index in [9.17, 15) is 14.4 Å². The van der Waals surface area contributed by atoms with Crippen LogP contribution in [0, 0.1) is 12.8 Å². The first-order chi connectivity index (χ1) is 16.8. The van der Waals surface area contributed by atoms with Crippen molar-refractivity contribution in [3.8, 4) is 11.5 Å². The molecule has 2 heterocycles. The molecule has 35 heavy (non-hydrogen) atoms. The van der Waals surface area contributed by atoms with Crippen molar-refractivity contribution in [1.29, 1.82) is 0 Å². The number of carbonyl (C=O) groups excluding carboxylic acids is 3. The molecule has 4 rings (SSSR count). The van der Waals surface area contributed by atoms with E-state index in [1.165, 1.54) is 0 Å². The molecule has 3 amide bonds. The lowest BCUT2D eigenvalue weighted by atomic mass is 10.0. The molecule has 186 valence electrons. The minimum atomic E-state index is -0.506. The van der Waals surface area contributed by atoms with E-state index >= 15 is 0 Å². The first-order valence-corrected chi connectivity index (χ1v) is 12.1. The third-order valence-corrected chi connectivity index (χ3v) is 6.97. The summed E-state index contributed by atoms with van der Waals surface area (Å²) in [7, 11) is 3.10. The maximum absolute atomic E-state index is 13.1. The largest absolute Gasteiger partial charge is 0.497 e. The van der Waals surface area contributed by atoms with E-state index in [1.807, 2.05) is 17.9 Å². The molecule has 0 aromatic heterocycles. The van der Waals surface area contributed by atoms with Crippen LogP contribution in [0.25, 0.3) is 0 Å². The topological polar surface area (TPSA) is 88.2 Å². The van der Waals surface area contributed by atoms with Gasteiger partial charge in [0.1, 0.15) is 11.5 Å². The van der Waals surface area contributed by atoms with Gasteiger partial charge in [0, 0.05) is 42.9 Å². The fraction of sp³-hybridized carbons (Fsp3) is 0.444. The Bertz CT molecular complexity index is 1130. The van der Waals surface area contributed by atoms with Crippen molar-refractivity contribution in [2.24, 2.45) is 5.92 Å². The van der Waals surface area contributed by atoms with Crippen molar-refractivity contribution >= 4 is 29.1 Å². The Morgan fingerprint density at radius 1 is 1.06 bits per heavy atom. The molecule has 0 bridgehead atoms. The molecule has 0 saturated carbocycles. The number of amides is 3. The summed E-state index contributed by atoms with van der Waals surface area (Å²) in [6.45, 7) is 4.99. The molecular weight excluding hydrogens is 446 g/mol. The molecule has 2 aliphatic heterocycles. The Balaban J connectivity index is 1.45. The predicted molar refractivity (Wildman–Crippen MR) is 134 cm³/mol. The number of rotatable bonds is 6. The third kappa shape index (κ3) is 5.11. The smallest absolute Gasteiger partial charge is 0.254 e. The fourth-order valence-electron chi connectivity index (χ4n) is 4.86. The highest BCUT2D eigenvalue weighted by Crippen LogP contribution is 2.36. The minimum Gasteiger partial charge on any atom is -0.497 e. The van der Waals surface area contributed by atoms with Gasteiger partial charge in [0.25, 0.3) is 5.91 Å². The molecule has 2 unspecified atom stereocenters. The third-order valence-electron chi connectivity index (χ3n) is 6.97. The molecule has 2 aliphatic rings. The molecule has 8 nitrogen and oxygen atoms in total. The van der Waals surface area contributed by atoms with E-state index < -0.39 is 5.92 Å². The molecule has 8 heteroatoms. The van der Waals surface area contributed by atoms with Crippen molar-refractivity contribution in [2.75, 3.05) is 37.5 Å². The number of piperidine rings is 1. The second kappa shape index (κ2) is 10.4. The summed E-state index contributed by atoms with van der Waals surface area (Å²) in [5.41, 5.74) is 2.66. The number of hydrogen-bond acceptors (Lipinski definition) is 5. The number of likely N-dealkylation sites (tertiary alicyclic amines) is 1. The minimum absolute atomic E-state index is 0.0300. The molecule has 2 atom stereocenters. The summed E-state index contributed by atoms with van der Waals surface area (Å²) in [5, 5.41) is 2.95. The lowest BCUT2D eigenvalue weighted by Gasteiger charge is -2.33.